The molecule has 13 heavy (non-hydrogen) atoms. The molecule has 4 N–H and O–H groups in total. The summed E-state index contributed by atoms with van der Waals surface area (Å²) in [5.41, 5.74) is 0.540. The van der Waals surface area contributed by atoms with E-state index in [9.17, 15) is 14.4 Å². The number of nitrogens with one attached hydrogen (secondary N) is 1. The Bertz CT molecular complexity index is 268. The zero-order valence-electron chi connectivity index (χ0n) is 6.35. The van der Waals surface area contributed by atoms with Gasteiger partial charge in [0.1, 0.15) is 0 Å². The van der Waals surface area contributed by atoms with Crippen molar-refractivity contribution in [1.29, 1.82) is 0 Å². The van der Waals surface area contributed by atoms with Gasteiger partial charge in [-0.2, -0.15) is 0 Å². The first-order chi connectivity index (χ1) is 5.97. The minimum absolute atomic E-state index is 0.496. The van der Waals surface area contributed by atoms with Gasteiger partial charge in [0.25, 0.3) is 5.91 Å². The van der Waals surface area contributed by atoms with Gasteiger partial charge in [-0.05, 0) is 0 Å². The van der Waals surface area contributed by atoms with Crippen LogP contribution in [-0.4, -0.2) is 33.3 Å². The van der Waals surface area contributed by atoms with Crippen molar-refractivity contribution in [3.05, 3.63) is 11.6 Å². The van der Waals surface area contributed by atoms with E-state index in [-0.39, 0.29) is 0 Å². The molecule has 0 aromatic heterocycles. The molecule has 0 aromatic carbocycles. The number of hydroxylamine groups is 1. The van der Waals surface area contributed by atoms with Crippen molar-refractivity contribution in [1.82, 2.24) is 5.48 Å². The van der Waals surface area contributed by atoms with Crippen molar-refractivity contribution in [2.45, 2.75) is 6.42 Å². The summed E-state index contributed by atoms with van der Waals surface area (Å²) in [6, 6.07) is 0. The van der Waals surface area contributed by atoms with Crippen LogP contribution >= 0.6 is 0 Å². The van der Waals surface area contributed by atoms with E-state index in [2.05, 4.69) is 0 Å². The second-order valence-electron chi connectivity index (χ2n) is 2.02. The van der Waals surface area contributed by atoms with Gasteiger partial charge in [0.15, 0.2) is 0 Å². The minimum Gasteiger partial charge on any atom is -0.481 e. The van der Waals surface area contributed by atoms with Crippen LogP contribution in [0.4, 0.5) is 0 Å². The second kappa shape index (κ2) is 4.88. The van der Waals surface area contributed by atoms with Crippen molar-refractivity contribution in [3.63, 3.8) is 0 Å². The molecule has 0 unspecified atom stereocenters. The van der Waals surface area contributed by atoms with Gasteiger partial charge in [-0.15, -0.1) is 0 Å². The average Bonchev–Trinajstić information content (AvgIpc) is 2.02. The number of rotatable bonds is 4. The van der Waals surface area contributed by atoms with Crippen molar-refractivity contribution in [3.8, 4) is 0 Å². The van der Waals surface area contributed by atoms with Crippen LogP contribution in [0.25, 0.3) is 0 Å². The number of amides is 1. The number of carboxylic acids is 2. The molecular formula is C6H7NO6. The Morgan fingerprint density at radius 1 is 1.23 bits per heavy atom. The molecule has 0 saturated heterocycles. The zero-order valence-corrected chi connectivity index (χ0v) is 6.35. The van der Waals surface area contributed by atoms with E-state index in [0.29, 0.717) is 6.08 Å². The molecule has 72 valence electrons. The molecular weight excluding hydrogens is 182 g/mol. The normalized spacial score (nSPS) is 10.7. The topological polar surface area (TPSA) is 124 Å². The Hall–Kier alpha value is -1.89. The molecule has 7 nitrogen and oxygen atoms in total. The summed E-state index contributed by atoms with van der Waals surface area (Å²) in [5, 5.41) is 24.6. The summed E-state index contributed by atoms with van der Waals surface area (Å²) in [6.45, 7) is 0. The first kappa shape index (κ1) is 11.1. The van der Waals surface area contributed by atoms with Crippen molar-refractivity contribution in [2.75, 3.05) is 0 Å². The molecule has 0 radical (unpaired) electrons. The number of carbonyl (C=O) groups is 3. The number of aliphatic carboxylic acids is 2. The predicted octanol–water partition coefficient (Wildman–Crippen LogP) is -1.02. The Morgan fingerprint density at radius 2 is 1.77 bits per heavy atom. The van der Waals surface area contributed by atoms with Crippen molar-refractivity contribution >= 4 is 17.8 Å². The first-order valence-electron chi connectivity index (χ1n) is 3.07. The van der Waals surface area contributed by atoms with Crippen molar-refractivity contribution < 1.29 is 29.8 Å². The van der Waals surface area contributed by atoms with Crippen LogP contribution in [0.1, 0.15) is 6.42 Å². The molecule has 0 saturated carbocycles. The molecule has 0 aliphatic rings. The van der Waals surface area contributed by atoms with E-state index in [4.69, 9.17) is 15.4 Å². The molecule has 1 amide bonds. The smallest absolute Gasteiger partial charge is 0.332 e. The highest BCUT2D eigenvalue weighted by Crippen LogP contribution is 2.00. The van der Waals surface area contributed by atoms with Gasteiger partial charge in [-0.3, -0.25) is 14.8 Å². The van der Waals surface area contributed by atoms with Crippen LogP contribution in [0.15, 0.2) is 11.6 Å². The predicted molar refractivity (Wildman–Crippen MR) is 37.9 cm³/mol. The van der Waals surface area contributed by atoms with E-state index in [1.165, 1.54) is 0 Å². The summed E-state index contributed by atoms with van der Waals surface area (Å²) in [7, 11) is 0. The Labute approximate surface area is 72.2 Å². The maximum absolute atomic E-state index is 10.4. The van der Waals surface area contributed by atoms with Crippen LogP contribution < -0.4 is 5.48 Å². The molecule has 0 heterocycles. The van der Waals surface area contributed by atoms with Gasteiger partial charge in [0.2, 0.25) is 0 Å². The monoisotopic (exact) mass is 189 g/mol. The molecule has 0 spiro atoms. The van der Waals surface area contributed by atoms with Gasteiger partial charge in [-0.1, -0.05) is 0 Å². The van der Waals surface area contributed by atoms with Crippen molar-refractivity contribution in [2.24, 2.45) is 0 Å². The van der Waals surface area contributed by atoms with E-state index in [1.54, 1.807) is 0 Å². The summed E-state index contributed by atoms with van der Waals surface area (Å²) in [5.74, 6) is -3.98. The lowest BCUT2D eigenvalue weighted by Crippen LogP contribution is -2.18. The standard InChI is InChI=1S/C6H7NO6/c8-4(7-13)1-3(6(11)12)2-5(9)10/h1,13H,2H2,(H,7,8)(H,9,10)(H,11,12). The number of carboxylic acid groups (broad SMARTS) is 2. The highest BCUT2D eigenvalue weighted by atomic mass is 16.5. The minimum atomic E-state index is -1.52. The van der Waals surface area contributed by atoms with Gasteiger partial charge in [0.05, 0.1) is 12.0 Å². The molecule has 0 fully saturated rings. The third kappa shape index (κ3) is 4.53. The fourth-order valence-corrected chi connectivity index (χ4v) is 0.542. The van der Waals surface area contributed by atoms with E-state index in [1.807, 2.05) is 0 Å². The van der Waals surface area contributed by atoms with Crippen LogP contribution in [0.5, 0.6) is 0 Å². The third-order valence-corrected chi connectivity index (χ3v) is 1.03. The van der Waals surface area contributed by atoms with Crippen LogP contribution in [-0.2, 0) is 14.4 Å². The number of hydrogen-bond donors (Lipinski definition) is 4. The molecule has 0 atom stereocenters. The summed E-state index contributed by atoms with van der Waals surface area (Å²) >= 11 is 0. The molecule has 7 heteroatoms. The van der Waals surface area contributed by atoms with Gasteiger partial charge >= 0.3 is 11.9 Å². The van der Waals surface area contributed by atoms with Crippen LogP contribution in [0.3, 0.4) is 0 Å². The average molecular weight is 189 g/mol. The lowest BCUT2D eigenvalue weighted by atomic mass is 10.2. The Kier molecular flexibility index (Phi) is 4.17. The van der Waals surface area contributed by atoms with Crippen LogP contribution in [0, 0.1) is 0 Å². The lowest BCUT2D eigenvalue weighted by Gasteiger charge is -1.96. The Balaban J connectivity index is 4.60. The number of hydrogen-bond acceptors (Lipinski definition) is 4. The molecule has 0 bridgehead atoms. The zero-order chi connectivity index (χ0) is 10.4. The van der Waals surface area contributed by atoms with E-state index in [0.717, 1.165) is 5.48 Å². The SMILES string of the molecule is O=C(O)CC(=CC(=O)NO)C(=O)O. The first-order valence-corrected chi connectivity index (χ1v) is 3.07. The Morgan fingerprint density at radius 3 is 2.08 bits per heavy atom. The third-order valence-electron chi connectivity index (χ3n) is 1.03. The summed E-state index contributed by atoms with van der Waals surface area (Å²) < 4.78 is 0. The fourth-order valence-electron chi connectivity index (χ4n) is 0.542. The highest BCUT2D eigenvalue weighted by molar-refractivity contribution is 5.99. The van der Waals surface area contributed by atoms with Gasteiger partial charge < -0.3 is 10.2 Å². The van der Waals surface area contributed by atoms with Gasteiger partial charge in [0, 0.05) is 6.08 Å². The van der Waals surface area contributed by atoms with Crippen LogP contribution in [0.2, 0.25) is 0 Å². The van der Waals surface area contributed by atoms with E-state index >= 15 is 0 Å². The maximum Gasteiger partial charge on any atom is 0.332 e. The lowest BCUT2D eigenvalue weighted by molar-refractivity contribution is -0.139. The molecule has 0 rings (SSSR count). The maximum atomic E-state index is 10.4. The largest absolute Gasteiger partial charge is 0.481 e. The molecule has 0 aromatic rings. The second-order valence-corrected chi connectivity index (χ2v) is 2.02. The quantitative estimate of drug-likeness (QED) is 0.255. The summed E-state index contributed by atoms with van der Waals surface area (Å²) in [6.07, 6.45) is -0.292. The molecule has 0 aliphatic heterocycles. The van der Waals surface area contributed by atoms with Gasteiger partial charge in [-0.25, -0.2) is 10.3 Å². The summed E-state index contributed by atoms with van der Waals surface area (Å²) in [4.78, 5) is 30.8. The number of carbonyl (C=O) groups excluding carboxylic acids is 1. The fraction of sp³-hybridized carbons (Fsp3) is 0.167. The van der Waals surface area contributed by atoms with E-state index < -0.39 is 29.8 Å². The molecule has 0 aliphatic carbocycles. The highest BCUT2D eigenvalue weighted by Gasteiger charge is 2.13.